The van der Waals surface area contributed by atoms with Gasteiger partial charge in [0.25, 0.3) is 5.78 Å². The molecular weight excluding hydrogens is 580 g/mol. The Labute approximate surface area is 258 Å². The first kappa shape index (κ1) is 29.2. The van der Waals surface area contributed by atoms with Gasteiger partial charge in [-0.3, -0.25) is 18.9 Å². The van der Waals surface area contributed by atoms with Crippen molar-refractivity contribution in [3.05, 3.63) is 83.3 Å². The van der Waals surface area contributed by atoms with Crippen LogP contribution in [-0.4, -0.2) is 52.0 Å². The number of aliphatic hydroxyl groups is 1. The van der Waals surface area contributed by atoms with Gasteiger partial charge in [-0.1, -0.05) is 43.2 Å². The van der Waals surface area contributed by atoms with Gasteiger partial charge in [-0.25, -0.2) is 9.97 Å². The van der Waals surface area contributed by atoms with Crippen LogP contribution < -0.4 is 19.1 Å². The summed E-state index contributed by atoms with van der Waals surface area (Å²) < 4.78 is 19.5. The lowest BCUT2D eigenvalue weighted by molar-refractivity contribution is -0.132. The molecule has 0 radical (unpaired) electrons. The highest BCUT2D eigenvalue weighted by Crippen LogP contribution is 2.46. The number of hydrogen-bond acceptors (Lipinski definition) is 9. The van der Waals surface area contributed by atoms with Crippen molar-refractivity contribution in [1.82, 2.24) is 14.4 Å². The smallest absolute Gasteiger partial charge is 0.301 e. The van der Waals surface area contributed by atoms with E-state index in [0.717, 1.165) is 24.0 Å². The molecule has 0 spiro atoms. The van der Waals surface area contributed by atoms with Crippen LogP contribution in [0.1, 0.15) is 49.2 Å². The molecule has 10 nitrogen and oxygen atoms in total. The summed E-state index contributed by atoms with van der Waals surface area (Å²) in [5.41, 5.74) is 2.58. The minimum atomic E-state index is -1.01. The van der Waals surface area contributed by atoms with Gasteiger partial charge in [0, 0.05) is 6.20 Å². The number of anilines is 1. The first-order valence-electron chi connectivity index (χ1n) is 14.4. The molecule has 1 saturated heterocycles. The number of aliphatic hydroxyl groups excluding tert-OH is 1. The van der Waals surface area contributed by atoms with E-state index in [1.165, 1.54) is 23.3 Å². The van der Waals surface area contributed by atoms with Crippen LogP contribution in [0.4, 0.5) is 5.13 Å². The minimum absolute atomic E-state index is 0.0701. The lowest BCUT2D eigenvalue weighted by Gasteiger charge is -2.24. The number of unbranched alkanes of at least 4 members (excludes halogenated alkanes) is 2. The van der Waals surface area contributed by atoms with Crippen LogP contribution in [0.5, 0.6) is 17.2 Å². The molecule has 5 aromatic rings. The van der Waals surface area contributed by atoms with Crippen LogP contribution in [0.15, 0.2) is 66.4 Å². The van der Waals surface area contributed by atoms with E-state index >= 15 is 0 Å². The summed E-state index contributed by atoms with van der Waals surface area (Å²) in [4.78, 5) is 38.3. The maximum atomic E-state index is 13.9. The van der Waals surface area contributed by atoms with E-state index in [1.54, 1.807) is 67.1 Å². The largest absolute Gasteiger partial charge is 0.505 e. The second-order valence-corrected chi connectivity index (χ2v) is 11.4. The number of Topliss-reactive ketones (excluding diaryl/α,β-unsaturated/α-hetero) is 1. The molecule has 226 valence electrons. The van der Waals surface area contributed by atoms with Crippen molar-refractivity contribution in [1.29, 1.82) is 0 Å². The number of fused-ring (bicyclic) bond motifs is 2. The quantitative estimate of drug-likeness (QED) is 0.0827. The number of aryl methyl sites for hydroxylation is 1. The van der Waals surface area contributed by atoms with Crippen molar-refractivity contribution in [2.24, 2.45) is 0 Å². The number of pyridine rings is 1. The molecule has 0 saturated carbocycles. The van der Waals surface area contributed by atoms with Crippen LogP contribution in [0.25, 0.3) is 21.6 Å². The predicted molar refractivity (Wildman–Crippen MR) is 169 cm³/mol. The van der Waals surface area contributed by atoms with E-state index < -0.39 is 17.7 Å². The number of aromatic nitrogens is 3. The number of hydrogen-bond donors (Lipinski definition) is 1. The fourth-order valence-electron chi connectivity index (χ4n) is 5.50. The van der Waals surface area contributed by atoms with Crippen molar-refractivity contribution in [3.63, 3.8) is 0 Å². The van der Waals surface area contributed by atoms with Crippen LogP contribution in [0.3, 0.4) is 0 Å². The van der Waals surface area contributed by atoms with Gasteiger partial charge in [0.2, 0.25) is 0 Å². The lowest BCUT2D eigenvalue weighted by Crippen LogP contribution is -2.29. The zero-order valence-corrected chi connectivity index (χ0v) is 25.7. The summed E-state index contributed by atoms with van der Waals surface area (Å²) in [6.45, 7) is 4.41. The van der Waals surface area contributed by atoms with Crippen molar-refractivity contribution in [2.75, 3.05) is 25.7 Å². The zero-order valence-electron chi connectivity index (χ0n) is 24.9. The number of ether oxygens (including phenoxy) is 3. The van der Waals surface area contributed by atoms with E-state index in [2.05, 4.69) is 11.9 Å². The third kappa shape index (κ3) is 5.02. The van der Waals surface area contributed by atoms with Gasteiger partial charge in [0.15, 0.2) is 22.4 Å². The third-order valence-corrected chi connectivity index (χ3v) is 8.69. The predicted octanol–water partition coefficient (Wildman–Crippen LogP) is 6.46. The fraction of sp³-hybridized carbons (Fsp3) is 0.273. The molecule has 4 heterocycles. The number of amides is 1. The van der Waals surface area contributed by atoms with E-state index in [0.29, 0.717) is 57.1 Å². The molecule has 1 amide bonds. The fourth-order valence-corrected chi connectivity index (χ4v) is 6.52. The lowest BCUT2D eigenvalue weighted by atomic mass is 9.96. The zero-order chi connectivity index (χ0) is 31.0. The van der Waals surface area contributed by atoms with Crippen molar-refractivity contribution >= 4 is 49.8 Å². The monoisotopic (exact) mass is 612 g/mol. The second kappa shape index (κ2) is 12.0. The first-order chi connectivity index (χ1) is 21.4. The number of imidazole rings is 1. The van der Waals surface area contributed by atoms with Crippen molar-refractivity contribution in [3.8, 4) is 17.2 Å². The number of rotatable bonds is 10. The molecule has 0 bridgehead atoms. The van der Waals surface area contributed by atoms with Gasteiger partial charge in [-0.15, -0.1) is 0 Å². The summed E-state index contributed by atoms with van der Waals surface area (Å²) in [5.74, 6) is -0.303. The topological polar surface area (TPSA) is 115 Å². The van der Waals surface area contributed by atoms with Gasteiger partial charge < -0.3 is 19.3 Å². The molecule has 1 N–H and O–H groups in total. The highest BCUT2D eigenvalue weighted by atomic mass is 32.1. The van der Waals surface area contributed by atoms with Gasteiger partial charge in [-0.05, 0) is 61.4 Å². The van der Waals surface area contributed by atoms with Crippen LogP contribution in [0.2, 0.25) is 0 Å². The molecule has 1 aliphatic rings. The number of carbonyl (C=O) groups is 2. The summed E-state index contributed by atoms with van der Waals surface area (Å²) in [6, 6.07) is 15.2. The minimum Gasteiger partial charge on any atom is -0.505 e. The number of methoxy groups -OCH3 is 2. The average molecular weight is 613 g/mol. The molecule has 1 aliphatic heterocycles. The van der Waals surface area contributed by atoms with Crippen molar-refractivity contribution < 1.29 is 28.9 Å². The Kier molecular flexibility index (Phi) is 7.96. The summed E-state index contributed by atoms with van der Waals surface area (Å²) in [7, 11) is 3.12. The summed E-state index contributed by atoms with van der Waals surface area (Å²) in [6.07, 6.45) is 4.78. The number of ketones is 1. The molecule has 44 heavy (non-hydrogen) atoms. The molecule has 2 aromatic carbocycles. The van der Waals surface area contributed by atoms with Crippen LogP contribution in [-0.2, 0) is 9.59 Å². The SMILES string of the molecule is CCCCCOc1ccc(C2C(=C(O)c3c(C)nc4ccccn34)C(=O)C(=O)N2c2nc3ccc(OC)cc3s2)cc1OC. The van der Waals surface area contributed by atoms with Crippen molar-refractivity contribution in [2.45, 2.75) is 39.2 Å². The molecule has 3 aromatic heterocycles. The molecule has 0 aliphatic carbocycles. The Balaban J connectivity index is 1.53. The average Bonchev–Trinajstić information content (AvgIpc) is 3.69. The van der Waals surface area contributed by atoms with Crippen LogP contribution in [0, 0.1) is 6.92 Å². The first-order valence-corrected chi connectivity index (χ1v) is 15.2. The van der Waals surface area contributed by atoms with E-state index in [1.807, 2.05) is 12.1 Å². The molecule has 1 atom stereocenters. The van der Waals surface area contributed by atoms with E-state index in [-0.39, 0.29) is 11.3 Å². The third-order valence-electron chi connectivity index (χ3n) is 7.67. The second-order valence-electron chi connectivity index (χ2n) is 10.4. The summed E-state index contributed by atoms with van der Waals surface area (Å²) in [5, 5.41) is 12.2. The maximum absolute atomic E-state index is 13.9. The molecular formula is C33H32N4O6S. The highest BCUT2D eigenvalue weighted by molar-refractivity contribution is 7.22. The van der Waals surface area contributed by atoms with Gasteiger partial charge in [0.05, 0.1) is 48.4 Å². The molecule has 1 unspecified atom stereocenters. The Morgan fingerprint density at radius 3 is 2.61 bits per heavy atom. The number of benzene rings is 2. The van der Waals surface area contributed by atoms with E-state index in [4.69, 9.17) is 19.2 Å². The van der Waals surface area contributed by atoms with Gasteiger partial charge >= 0.3 is 5.91 Å². The van der Waals surface area contributed by atoms with Gasteiger partial charge in [0.1, 0.15) is 17.1 Å². The number of thiazole rings is 1. The normalized spacial score (nSPS) is 16.3. The Hall–Kier alpha value is -4.90. The Morgan fingerprint density at radius 2 is 1.84 bits per heavy atom. The summed E-state index contributed by atoms with van der Waals surface area (Å²) >= 11 is 1.26. The molecule has 6 rings (SSSR count). The molecule has 11 heteroatoms. The molecule has 1 fully saturated rings. The van der Waals surface area contributed by atoms with Crippen LogP contribution >= 0.6 is 11.3 Å². The van der Waals surface area contributed by atoms with E-state index in [9.17, 15) is 14.7 Å². The van der Waals surface area contributed by atoms with Gasteiger partial charge in [-0.2, -0.15) is 0 Å². The Morgan fingerprint density at radius 1 is 1.00 bits per heavy atom. The number of nitrogens with zero attached hydrogens (tertiary/aromatic N) is 4. The Bertz CT molecular complexity index is 1930. The standard InChI is InChI=1S/C33H32N4O6S/c1-5-6-9-16-43-23-14-11-20(17-24(23)42-4)29-27(30(38)28-19(2)34-26-10-7-8-15-36(26)28)31(39)32(40)37(29)33-35-22-13-12-21(41-3)18-25(22)44-33/h7-8,10-15,17-18,29,38H,5-6,9,16H2,1-4H3. The number of carbonyl (C=O) groups excluding carboxylic acids is 2. The maximum Gasteiger partial charge on any atom is 0.301 e. The highest BCUT2D eigenvalue weighted by Gasteiger charge is 2.49.